The van der Waals surface area contributed by atoms with Crippen molar-refractivity contribution < 1.29 is 14.6 Å². The number of aryl methyl sites for hydroxylation is 1. The predicted molar refractivity (Wildman–Crippen MR) is 66.4 cm³/mol. The Hall–Kier alpha value is -2.57. The van der Waals surface area contributed by atoms with Crippen LogP contribution in [0.3, 0.4) is 0 Å². The van der Waals surface area contributed by atoms with Crippen LogP contribution in [0.4, 0.5) is 0 Å². The third kappa shape index (κ3) is 2.82. The summed E-state index contributed by atoms with van der Waals surface area (Å²) in [6, 6.07) is 6.35. The van der Waals surface area contributed by atoms with Crippen LogP contribution in [-0.2, 0) is 13.6 Å². The lowest BCUT2D eigenvalue weighted by atomic mass is 10.2. The third-order valence-corrected chi connectivity index (χ3v) is 2.56. The highest BCUT2D eigenvalue weighted by Crippen LogP contribution is 2.17. The maximum atomic E-state index is 11.5. The predicted octanol–water partition coefficient (Wildman–Crippen LogP) is 0.359. The van der Waals surface area contributed by atoms with Crippen LogP contribution in [0, 0.1) is 0 Å². The lowest BCUT2D eigenvalue weighted by Crippen LogP contribution is -2.25. The zero-order valence-corrected chi connectivity index (χ0v) is 10.3. The highest BCUT2D eigenvalue weighted by atomic mass is 16.5. The average molecular weight is 263 g/mol. The fourth-order valence-corrected chi connectivity index (χ4v) is 1.59. The zero-order chi connectivity index (χ0) is 13.8. The van der Waals surface area contributed by atoms with Gasteiger partial charge in [-0.1, -0.05) is 12.1 Å². The number of nitrogens with zero attached hydrogens (tertiary/aromatic N) is 3. The van der Waals surface area contributed by atoms with Crippen LogP contribution in [0.1, 0.15) is 10.4 Å². The van der Waals surface area contributed by atoms with Gasteiger partial charge in [-0.05, 0) is 12.1 Å². The van der Waals surface area contributed by atoms with Crippen molar-refractivity contribution in [2.75, 3.05) is 6.61 Å². The molecule has 1 aromatic carbocycles. The van der Waals surface area contributed by atoms with Gasteiger partial charge in [0.25, 0.3) is 0 Å². The van der Waals surface area contributed by atoms with Gasteiger partial charge in [0.15, 0.2) is 0 Å². The first-order valence-corrected chi connectivity index (χ1v) is 5.63. The van der Waals surface area contributed by atoms with Gasteiger partial charge in [-0.3, -0.25) is 4.57 Å². The van der Waals surface area contributed by atoms with E-state index in [2.05, 4.69) is 5.10 Å². The van der Waals surface area contributed by atoms with Gasteiger partial charge in [-0.25, -0.2) is 14.3 Å². The van der Waals surface area contributed by atoms with Crippen molar-refractivity contribution in [2.24, 2.45) is 7.05 Å². The van der Waals surface area contributed by atoms with E-state index in [-0.39, 0.29) is 30.2 Å². The summed E-state index contributed by atoms with van der Waals surface area (Å²) in [6.07, 6.45) is 1.41. The van der Waals surface area contributed by atoms with E-state index in [1.54, 1.807) is 25.2 Å². The Kier molecular flexibility index (Phi) is 3.65. The molecular formula is C12H13N3O4. The summed E-state index contributed by atoms with van der Waals surface area (Å²) in [5, 5.41) is 12.9. The molecule has 0 unspecified atom stereocenters. The molecule has 7 nitrogen and oxygen atoms in total. The van der Waals surface area contributed by atoms with Crippen molar-refractivity contribution in [2.45, 2.75) is 6.54 Å². The van der Waals surface area contributed by atoms with Crippen molar-refractivity contribution in [3.63, 3.8) is 0 Å². The highest BCUT2D eigenvalue weighted by Gasteiger charge is 2.10. The molecule has 0 aliphatic rings. The van der Waals surface area contributed by atoms with E-state index in [4.69, 9.17) is 9.84 Å². The number of ether oxygens (including phenoxy) is 1. The van der Waals surface area contributed by atoms with E-state index < -0.39 is 5.97 Å². The summed E-state index contributed by atoms with van der Waals surface area (Å²) in [7, 11) is 1.60. The number of benzene rings is 1. The molecule has 1 heterocycles. The first kappa shape index (κ1) is 12.9. The van der Waals surface area contributed by atoms with Gasteiger partial charge in [-0.15, -0.1) is 0 Å². The minimum atomic E-state index is -1.05. The highest BCUT2D eigenvalue weighted by molar-refractivity contribution is 5.90. The maximum Gasteiger partial charge on any atom is 0.345 e. The van der Waals surface area contributed by atoms with Gasteiger partial charge in [-0.2, -0.15) is 5.10 Å². The van der Waals surface area contributed by atoms with Gasteiger partial charge in [0.2, 0.25) is 0 Å². The van der Waals surface area contributed by atoms with Gasteiger partial charge < -0.3 is 9.84 Å². The molecule has 2 rings (SSSR count). The van der Waals surface area contributed by atoms with Crippen LogP contribution in [0.2, 0.25) is 0 Å². The molecule has 0 aliphatic carbocycles. The topological polar surface area (TPSA) is 86.3 Å². The number of hydrogen-bond acceptors (Lipinski definition) is 4. The second-order valence-electron chi connectivity index (χ2n) is 3.90. The Labute approximate surface area is 108 Å². The molecule has 19 heavy (non-hydrogen) atoms. The summed E-state index contributed by atoms with van der Waals surface area (Å²) in [4.78, 5) is 22.5. The molecular weight excluding hydrogens is 250 g/mol. The molecule has 0 spiro atoms. The number of carboxylic acids is 1. The summed E-state index contributed by atoms with van der Waals surface area (Å²) in [6.45, 7) is 0.425. The van der Waals surface area contributed by atoms with E-state index in [0.717, 1.165) is 0 Å². The maximum absolute atomic E-state index is 11.5. The van der Waals surface area contributed by atoms with Crippen molar-refractivity contribution >= 4 is 5.97 Å². The number of rotatable bonds is 5. The van der Waals surface area contributed by atoms with Gasteiger partial charge in [0.05, 0.1) is 6.54 Å². The first-order chi connectivity index (χ1) is 9.09. The van der Waals surface area contributed by atoms with Crippen LogP contribution >= 0.6 is 0 Å². The van der Waals surface area contributed by atoms with E-state index >= 15 is 0 Å². The lowest BCUT2D eigenvalue weighted by molar-refractivity contribution is 0.0692. The smallest absolute Gasteiger partial charge is 0.345 e. The average Bonchev–Trinajstić information content (AvgIpc) is 2.71. The molecule has 0 radical (unpaired) electrons. The largest absolute Gasteiger partial charge is 0.491 e. The minimum Gasteiger partial charge on any atom is -0.491 e. The van der Waals surface area contributed by atoms with E-state index in [1.165, 1.54) is 21.6 Å². The molecule has 0 saturated heterocycles. The first-order valence-electron chi connectivity index (χ1n) is 5.63. The fourth-order valence-electron chi connectivity index (χ4n) is 1.59. The number of carbonyl (C=O) groups is 1. The van der Waals surface area contributed by atoms with Gasteiger partial charge >= 0.3 is 11.7 Å². The Morgan fingerprint density at radius 1 is 1.42 bits per heavy atom. The molecule has 2 aromatic rings. The molecule has 1 N–H and O–H groups in total. The summed E-state index contributed by atoms with van der Waals surface area (Å²) >= 11 is 0. The summed E-state index contributed by atoms with van der Waals surface area (Å²) in [5.41, 5.74) is -0.147. The second kappa shape index (κ2) is 5.38. The molecule has 1 aromatic heterocycles. The SMILES string of the molecule is Cn1cnn(CCOc2ccccc2C(=O)O)c1=O. The Bertz CT molecular complexity index is 644. The van der Waals surface area contributed by atoms with Crippen LogP contribution in [0.5, 0.6) is 5.75 Å². The Morgan fingerprint density at radius 3 is 2.79 bits per heavy atom. The standard InChI is InChI=1S/C12H13N3O4/c1-14-8-13-15(12(14)18)6-7-19-10-5-3-2-4-9(10)11(16)17/h2-5,8H,6-7H2,1H3,(H,16,17). The number of para-hydroxylation sites is 1. The normalized spacial score (nSPS) is 10.4. The van der Waals surface area contributed by atoms with Gasteiger partial charge in [0, 0.05) is 7.05 Å². The molecule has 7 heteroatoms. The van der Waals surface area contributed by atoms with E-state index in [1.807, 2.05) is 0 Å². The van der Waals surface area contributed by atoms with Gasteiger partial charge in [0.1, 0.15) is 24.2 Å². The minimum absolute atomic E-state index is 0.0934. The van der Waals surface area contributed by atoms with Crippen LogP contribution in [0.25, 0.3) is 0 Å². The second-order valence-corrected chi connectivity index (χ2v) is 3.90. The molecule has 100 valence electrons. The summed E-state index contributed by atoms with van der Waals surface area (Å²) < 4.78 is 7.98. The number of hydrogen-bond donors (Lipinski definition) is 1. The Balaban J connectivity index is 2.02. The monoisotopic (exact) mass is 263 g/mol. The van der Waals surface area contributed by atoms with Crippen molar-refractivity contribution in [1.82, 2.24) is 14.3 Å². The number of aromatic nitrogens is 3. The van der Waals surface area contributed by atoms with Crippen LogP contribution in [0.15, 0.2) is 35.4 Å². The van der Waals surface area contributed by atoms with Crippen LogP contribution < -0.4 is 10.4 Å². The zero-order valence-electron chi connectivity index (χ0n) is 10.3. The molecule has 0 amide bonds. The molecule has 0 bridgehead atoms. The number of aromatic carboxylic acids is 1. The third-order valence-electron chi connectivity index (χ3n) is 2.56. The molecule has 0 saturated carbocycles. The quantitative estimate of drug-likeness (QED) is 0.841. The summed E-state index contributed by atoms with van der Waals surface area (Å²) in [5.74, 6) is -0.774. The van der Waals surface area contributed by atoms with E-state index in [0.29, 0.717) is 0 Å². The van der Waals surface area contributed by atoms with Crippen molar-refractivity contribution in [3.8, 4) is 5.75 Å². The Morgan fingerprint density at radius 2 is 2.16 bits per heavy atom. The lowest BCUT2D eigenvalue weighted by Gasteiger charge is -2.08. The molecule has 0 fully saturated rings. The number of carboxylic acid groups (broad SMARTS) is 1. The fraction of sp³-hybridized carbons (Fsp3) is 0.250. The molecule has 0 atom stereocenters. The van der Waals surface area contributed by atoms with E-state index in [9.17, 15) is 9.59 Å². The van der Waals surface area contributed by atoms with Crippen molar-refractivity contribution in [1.29, 1.82) is 0 Å². The van der Waals surface area contributed by atoms with Crippen molar-refractivity contribution in [3.05, 3.63) is 46.6 Å². The molecule has 0 aliphatic heterocycles. The van der Waals surface area contributed by atoms with Crippen LogP contribution in [-0.4, -0.2) is 32.0 Å².